The molecule has 1 aliphatic heterocycles. The second-order valence-electron chi connectivity index (χ2n) is 5.86. The molecular weight excluding hydrogens is 322 g/mol. The Morgan fingerprint density at radius 1 is 1.17 bits per heavy atom. The van der Waals surface area contributed by atoms with E-state index in [4.69, 9.17) is 0 Å². The van der Waals surface area contributed by atoms with E-state index in [1.807, 2.05) is 50.2 Å². The van der Waals surface area contributed by atoms with Crippen LogP contribution in [0.5, 0.6) is 0 Å². The summed E-state index contributed by atoms with van der Waals surface area (Å²) in [6.07, 6.45) is 0. The summed E-state index contributed by atoms with van der Waals surface area (Å²) in [7, 11) is 3.91. The van der Waals surface area contributed by atoms with Crippen LogP contribution < -0.4 is 15.5 Å². The molecule has 5 nitrogen and oxygen atoms in total. The van der Waals surface area contributed by atoms with Crippen molar-refractivity contribution in [3.8, 4) is 0 Å². The van der Waals surface area contributed by atoms with Crippen LogP contribution in [-0.2, 0) is 4.79 Å². The van der Waals surface area contributed by atoms with Crippen LogP contribution in [0, 0.1) is 0 Å². The fourth-order valence-corrected chi connectivity index (χ4v) is 3.33. The monoisotopic (exact) mass is 341 g/mol. The first-order valence-electron chi connectivity index (χ1n) is 7.64. The summed E-state index contributed by atoms with van der Waals surface area (Å²) in [5.74, 6) is -0.196. The van der Waals surface area contributed by atoms with E-state index in [0.717, 1.165) is 16.3 Å². The molecule has 0 saturated heterocycles. The van der Waals surface area contributed by atoms with Crippen molar-refractivity contribution in [2.45, 2.75) is 17.1 Å². The average molecular weight is 341 g/mol. The van der Waals surface area contributed by atoms with Gasteiger partial charge in [0.25, 0.3) is 5.91 Å². The van der Waals surface area contributed by atoms with Crippen LogP contribution in [0.3, 0.4) is 0 Å². The van der Waals surface area contributed by atoms with Crippen molar-refractivity contribution in [2.24, 2.45) is 0 Å². The molecule has 0 aromatic heterocycles. The highest BCUT2D eigenvalue weighted by molar-refractivity contribution is 8.00. The van der Waals surface area contributed by atoms with Gasteiger partial charge in [0, 0.05) is 35.9 Å². The lowest BCUT2D eigenvalue weighted by Crippen LogP contribution is -2.26. The number of hydrogen-bond acceptors (Lipinski definition) is 4. The average Bonchev–Trinajstić information content (AvgIpc) is 2.56. The highest BCUT2D eigenvalue weighted by Gasteiger charge is 2.23. The SMILES string of the molecule is CC1Sc2ccc(NC(=O)c3ccc(N(C)C)cc3)cc2NC1=O. The van der Waals surface area contributed by atoms with E-state index in [2.05, 4.69) is 10.6 Å². The highest BCUT2D eigenvalue weighted by atomic mass is 32.2. The standard InChI is InChI=1S/C18H19N3O2S/c1-11-17(22)20-15-10-13(6-9-16(15)24-11)19-18(23)12-4-7-14(8-5-12)21(2)3/h4-11H,1-3H3,(H,19,23)(H,20,22). The van der Waals surface area contributed by atoms with Gasteiger partial charge in [-0.05, 0) is 49.4 Å². The third kappa shape index (κ3) is 3.38. The van der Waals surface area contributed by atoms with Crippen LogP contribution in [0.1, 0.15) is 17.3 Å². The molecule has 0 saturated carbocycles. The Hall–Kier alpha value is -2.47. The first kappa shape index (κ1) is 16.4. The van der Waals surface area contributed by atoms with Gasteiger partial charge < -0.3 is 15.5 Å². The zero-order valence-electron chi connectivity index (χ0n) is 13.8. The fourth-order valence-electron chi connectivity index (χ4n) is 2.40. The van der Waals surface area contributed by atoms with E-state index in [0.29, 0.717) is 11.3 Å². The van der Waals surface area contributed by atoms with E-state index in [1.165, 1.54) is 11.8 Å². The molecule has 0 bridgehead atoms. The van der Waals surface area contributed by atoms with E-state index >= 15 is 0 Å². The van der Waals surface area contributed by atoms with E-state index < -0.39 is 0 Å². The molecule has 0 aliphatic carbocycles. The van der Waals surface area contributed by atoms with Crippen molar-refractivity contribution < 1.29 is 9.59 Å². The molecule has 2 amide bonds. The minimum absolute atomic E-state index is 0.0183. The van der Waals surface area contributed by atoms with Gasteiger partial charge in [-0.15, -0.1) is 11.8 Å². The summed E-state index contributed by atoms with van der Waals surface area (Å²) < 4.78 is 0. The van der Waals surface area contributed by atoms with Gasteiger partial charge in [0.15, 0.2) is 0 Å². The number of hydrogen-bond donors (Lipinski definition) is 2. The number of carbonyl (C=O) groups excluding carboxylic acids is 2. The molecule has 124 valence electrons. The molecule has 2 aromatic carbocycles. The van der Waals surface area contributed by atoms with Crippen molar-refractivity contribution in [1.29, 1.82) is 0 Å². The molecule has 0 radical (unpaired) electrons. The molecule has 1 unspecified atom stereocenters. The predicted molar refractivity (Wildman–Crippen MR) is 99.1 cm³/mol. The van der Waals surface area contributed by atoms with Crippen molar-refractivity contribution in [1.82, 2.24) is 0 Å². The van der Waals surface area contributed by atoms with Gasteiger partial charge in [0.1, 0.15) is 0 Å². The second-order valence-corrected chi connectivity index (χ2v) is 7.24. The molecule has 24 heavy (non-hydrogen) atoms. The van der Waals surface area contributed by atoms with Crippen molar-refractivity contribution >= 4 is 40.6 Å². The predicted octanol–water partition coefficient (Wildman–Crippen LogP) is 3.44. The van der Waals surface area contributed by atoms with Gasteiger partial charge >= 0.3 is 0 Å². The molecule has 0 spiro atoms. The molecule has 6 heteroatoms. The molecule has 1 heterocycles. The van der Waals surface area contributed by atoms with Crippen LogP contribution in [0.25, 0.3) is 0 Å². The summed E-state index contributed by atoms with van der Waals surface area (Å²) in [4.78, 5) is 27.1. The molecule has 2 aromatic rings. The number of amides is 2. The molecule has 1 atom stereocenters. The van der Waals surface area contributed by atoms with Crippen LogP contribution in [0.4, 0.5) is 17.1 Å². The first-order chi connectivity index (χ1) is 11.4. The maximum absolute atomic E-state index is 12.4. The van der Waals surface area contributed by atoms with Crippen LogP contribution >= 0.6 is 11.8 Å². The normalized spacial score (nSPS) is 16.1. The lowest BCUT2D eigenvalue weighted by Gasteiger charge is -2.22. The zero-order chi connectivity index (χ0) is 17.3. The number of benzene rings is 2. The molecule has 2 N–H and O–H groups in total. The lowest BCUT2D eigenvalue weighted by molar-refractivity contribution is -0.115. The maximum atomic E-state index is 12.4. The Balaban J connectivity index is 1.75. The van der Waals surface area contributed by atoms with Crippen molar-refractivity contribution in [3.05, 3.63) is 48.0 Å². The third-order valence-corrected chi connectivity index (χ3v) is 4.99. The van der Waals surface area contributed by atoms with Gasteiger partial charge in [-0.3, -0.25) is 9.59 Å². The number of thioether (sulfide) groups is 1. The fraction of sp³-hybridized carbons (Fsp3) is 0.222. The van der Waals surface area contributed by atoms with Gasteiger partial charge in [0.2, 0.25) is 5.91 Å². The minimum atomic E-state index is -0.177. The van der Waals surface area contributed by atoms with E-state index in [1.54, 1.807) is 18.2 Å². The van der Waals surface area contributed by atoms with Gasteiger partial charge in [-0.25, -0.2) is 0 Å². The first-order valence-corrected chi connectivity index (χ1v) is 8.52. The summed E-state index contributed by atoms with van der Waals surface area (Å²) >= 11 is 1.52. The Bertz CT molecular complexity index is 787. The molecule has 0 fully saturated rings. The van der Waals surface area contributed by atoms with E-state index in [9.17, 15) is 9.59 Å². The molecule has 3 rings (SSSR count). The number of fused-ring (bicyclic) bond motifs is 1. The number of carbonyl (C=O) groups is 2. The minimum Gasteiger partial charge on any atom is -0.378 e. The van der Waals surface area contributed by atoms with Crippen LogP contribution in [-0.4, -0.2) is 31.2 Å². The lowest BCUT2D eigenvalue weighted by atomic mass is 10.1. The smallest absolute Gasteiger partial charge is 0.255 e. The number of anilines is 3. The summed E-state index contributed by atoms with van der Waals surface area (Å²) in [6.45, 7) is 1.87. The topological polar surface area (TPSA) is 61.4 Å². The second kappa shape index (κ2) is 6.57. The largest absolute Gasteiger partial charge is 0.378 e. The quantitative estimate of drug-likeness (QED) is 0.898. The van der Waals surface area contributed by atoms with Crippen LogP contribution in [0.2, 0.25) is 0 Å². The maximum Gasteiger partial charge on any atom is 0.255 e. The van der Waals surface area contributed by atoms with Crippen molar-refractivity contribution in [2.75, 3.05) is 29.6 Å². The summed E-state index contributed by atoms with van der Waals surface area (Å²) in [5.41, 5.74) is 3.02. The third-order valence-electron chi connectivity index (χ3n) is 3.81. The van der Waals surface area contributed by atoms with Gasteiger partial charge in [-0.1, -0.05) is 0 Å². The number of nitrogens with zero attached hydrogens (tertiary/aromatic N) is 1. The van der Waals surface area contributed by atoms with Crippen LogP contribution in [0.15, 0.2) is 47.4 Å². The van der Waals surface area contributed by atoms with Crippen molar-refractivity contribution in [3.63, 3.8) is 0 Å². The molecule has 1 aliphatic rings. The van der Waals surface area contributed by atoms with Gasteiger partial charge in [0.05, 0.1) is 10.9 Å². The number of nitrogens with one attached hydrogen (secondary N) is 2. The Kier molecular flexibility index (Phi) is 4.49. The Labute approximate surface area is 145 Å². The Morgan fingerprint density at radius 3 is 2.54 bits per heavy atom. The highest BCUT2D eigenvalue weighted by Crippen LogP contribution is 2.37. The zero-order valence-corrected chi connectivity index (χ0v) is 14.6. The molecular formula is C18H19N3O2S. The summed E-state index contributed by atoms with van der Waals surface area (Å²) in [5, 5.41) is 5.63. The Morgan fingerprint density at radius 2 is 1.88 bits per heavy atom. The number of rotatable bonds is 3. The van der Waals surface area contributed by atoms with Gasteiger partial charge in [-0.2, -0.15) is 0 Å². The summed E-state index contributed by atoms with van der Waals surface area (Å²) in [6, 6.07) is 13.0. The van der Waals surface area contributed by atoms with E-state index in [-0.39, 0.29) is 17.1 Å².